The molecule has 0 fully saturated rings. The highest BCUT2D eigenvalue weighted by Crippen LogP contribution is 2.29. The summed E-state index contributed by atoms with van der Waals surface area (Å²) >= 11 is 5.84. The van der Waals surface area contributed by atoms with Crippen LogP contribution in [0.1, 0.15) is 22.3 Å². The van der Waals surface area contributed by atoms with Gasteiger partial charge in [0, 0.05) is 16.7 Å². The number of primary amides is 1. The van der Waals surface area contributed by atoms with Gasteiger partial charge in [0.1, 0.15) is 17.5 Å². The molecule has 2 aromatic carbocycles. The fourth-order valence-corrected chi connectivity index (χ4v) is 2.50. The second kappa shape index (κ2) is 8.30. The molecule has 144 valence electrons. The zero-order valence-corrected chi connectivity index (χ0v) is 15.1. The van der Waals surface area contributed by atoms with Crippen LogP contribution in [0.3, 0.4) is 0 Å². The molecule has 3 aromatic rings. The summed E-state index contributed by atoms with van der Waals surface area (Å²) in [4.78, 5) is 19.7. The molecule has 0 saturated heterocycles. The highest BCUT2D eigenvalue weighted by atomic mass is 35.5. The highest BCUT2D eigenvalue weighted by molar-refractivity contribution is 6.30. The van der Waals surface area contributed by atoms with Crippen molar-refractivity contribution in [2.45, 2.75) is 6.10 Å². The molecular formula is C19H15ClFN3O4. The van der Waals surface area contributed by atoms with E-state index >= 15 is 0 Å². The maximum atomic E-state index is 13.8. The van der Waals surface area contributed by atoms with Crippen LogP contribution in [0.5, 0.6) is 11.5 Å². The molecule has 0 spiro atoms. The molecule has 0 aliphatic heterocycles. The lowest BCUT2D eigenvalue weighted by Crippen LogP contribution is -2.16. The molecule has 9 heteroatoms. The van der Waals surface area contributed by atoms with E-state index in [1.54, 1.807) is 24.3 Å². The Bertz CT molecular complexity index is 1010. The molecule has 1 amide bonds. The van der Waals surface area contributed by atoms with Gasteiger partial charge in [0.15, 0.2) is 17.4 Å². The van der Waals surface area contributed by atoms with Crippen molar-refractivity contribution in [3.05, 3.63) is 70.8 Å². The quantitative estimate of drug-likeness (QED) is 0.582. The number of amides is 1. The Hall–Kier alpha value is -3.07. The minimum atomic E-state index is -1.28. The minimum absolute atomic E-state index is 0.0272. The van der Waals surface area contributed by atoms with E-state index in [0.717, 1.165) is 0 Å². The smallest absolute Gasteiger partial charge is 0.267 e. The van der Waals surface area contributed by atoms with E-state index in [1.807, 2.05) is 0 Å². The molecular weight excluding hydrogens is 389 g/mol. The highest BCUT2D eigenvalue weighted by Gasteiger charge is 2.16. The third kappa shape index (κ3) is 4.42. The van der Waals surface area contributed by atoms with E-state index in [2.05, 4.69) is 9.97 Å². The molecule has 0 unspecified atom stereocenters. The largest absolute Gasteiger partial charge is 0.454 e. The van der Waals surface area contributed by atoms with E-state index in [-0.39, 0.29) is 23.0 Å². The summed E-state index contributed by atoms with van der Waals surface area (Å²) in [5.74, 6) is -0.925. The number of aliphatic hydroxyl groups excluding tert-OH is 2. The van der Waals surface area contributed by atoms with Gasteiger partial charge in [0.2, 0.25) is 0 Å². The first-order valence-corrected chi connectivity index (χ1v) is 8.46. The Morgan fingerprint density at radius 1 is 1.18 bits per heavy atom. The number of benzene rings is 2. The first kappa shape index (κ1) is 19.7. The van der Waals surface area contributed by atoms with Crippen LogP contribution < -0.4 is 10.5 Å². The summed E-state index contributed by atoms with van der Waals surface area (Å²) in [5, 5.41) is 19.3. The average molecular weight is 404 g/mol. The number of carbonyl (C=O) groups is 1. The predicted molar refractivity (Wildman–Crippen MR) is 99.5 cm³/mol. The van der Waals surface area contributed by atoms with Crippen LogP contribution in [0.15, 0.2) is 48.5 Å². The van der Waals surface area contributed by atoms with Gasteiger partial charge >= 0.3 is 0 Å². The lowest BCUT2D eigenvalue weighted by molar-refractivity contribution is 0.0916. The lowest BCUT2D eigenvalue weighted by Gasteiger charge is -2.11. The number of carbonyl (C=O) groups excluding carboxylic acids is 1. The number of rotatable bonds is 6. The fraction of sp³-hybridized carbons (Fsp3) is 0.105. The van der Waals surface area contributed by atoms with E-state index < -0.39 is 24.4 Å². The monoisotopic (exact) mass is 403 g/mol. The fourth-order valence-electron chi connectivity index (χ4n) is 2.34. The number of halogens is 2. The SMILES string of the molecule is NC(=O)c1cc([C@H](O)CO)nc(-c2ccc(Oc3cc(Cl)ccc3F)cc2)n1. The zero-order chi connectivity index (χ0) is 20.3. The molecule has 28 heavy (non-hydrogen) atoms. The molecule has 0 saturated carbocycles. The molecule has 0 aliphatic carbocycles. The van der Waals surface area contributed by atoms with Gasteiger partial charge in [0.25, 0.3) is 5.91 Å². The summed E-state index contributed by atoms with van der Waals surface area (Å²) in [6, 6.07) is 11.5. The Morgan fingerprint density at radius 3 is 2.54 bits per heavy atom. The Labute approximate surface area is 164 Å². The van der Waals surface area contributed by atoms with Crippen LogP contribution in [0.2, 0.25) is 5.02 Å². The van der Waals surface area contributed by atoms with E-state index in [0.29, 0.717) is 16.3 Å². The first-order chi connectivity index (χ1) is 13.4. The molecule has 0 aliphatic rings. The molecule has 0 radical (unpaired) electrons. The first-order valence-electron chi connectivity index (χ1n) is 8.08. The third-order valence-electron chi connectivity index (χ3n) is 3.75. The summed E-state index contributed by atoms with van der Waals surface area (Å²) in [7, 11) is 0. The van der Waals surface area contributed by atoms with Crippen molar-refractivity contribution in [3.8, 4) is 22.9 Å². The Morgan fingerprint density at radius 2 is 1.89 bits per heavy atom. The molecule has 3 rings (SSSR count). The second-order valence-electron chi connectivity index (χ2n) is 5.77. The molecule has 7 nitrogen and oxygen atoms in total. The van der Waals surface area contributed by atoms with Crippen LogP contribution in [0, 0.1) is 5.82 Å². The van der Waals surface area contributed by atoms with Gasteiger partial charge in [-0.25, -0.2) is 14.4 Å². The lowest BCUT2D eigenvalue weighted by atomic mass is 10.1. The number of nitrogens with two attached hydrogens (primary N) is 1. The van der Waals surface area contributed by atoms with E-state index in [4.69, 9.17) is 27.2 Å². The van der Waals surface area contributed by atoms with Crippen LogP contribution in [-0.4, -0.2) is 32.7 Å². The number of nitrogens with zero attached hydrogens (tertiary/aromatic N) is 2. The van der Waals surface area contributed by atoms with Gasteiger partial charge in [-0.15, -0.1) is 0 Å². The van der Waals surface area contributed by atoms with Gasteiger partial charge in [-0.1, -0.05) is 11.6 Å². The van der Waals surface area contributed by atoms with Crippen LogP contribution in [-0.2, 0) is 0 Å². The summed E-state index contributed by atoms with van der Waals surface area (Å²) in [6.45, 7) is -0.577. The molecule has 4 N–H and O–H groups in total. The second-order valence-corrected chi connectivity index (χ2v) is 6.20. The number of hydrogen-bond acceptors (Lipinski definition) is 6. The van der Waals surface area contributed by atoms with Crippen molar-refractivity contribution in [2.24, 2.45) is 5.73 Å². The van der Waals surface area contributed by atoms with Gasteiger partial charge in [-0.2, -0.15) is 0 Å². The number of hydrogen-bond donors (Lipinski definition) is 3. The standard InChI is InChI=1S/C19H15ClFN3O4/c20-11-3-6-13(21)17(7-11)28-12-4-1-10(2-5-12)19-23-14(16(26)9-25)8-15(24-19)18(22)27/h1-8,16,25-26H,9H2,(H2,22,27)/t16-/m1/s1. The topological polar surface area (TPSA) is 119 Å². The van der Waals surface area contributed by atoms with Crippen LogP contribution >= 0.6 is 11.6 Å². The maximum Gasteiger partial charge on any atom is 0.267 e. The maximum absolute atomic E-state index is 13.8. The third-order valence-corrected chi connectivity index (χ3v) is 3.98. The predicted octanol–water partition coefficient (Wildman–Crippen LogP) is 2.85. The molecule has 1 aromatic heterocycles. The van der Waals surface area contributed by atoms with Crippen LogP contribution in [0.4, 0.5) is 4.39 Å². The summed E-state index contributed by atoms with van der Waals surface area (Å²) in [5.41, 5.74) is 5.72. The van der Waals surface area contributed by atoms with Gasteiger partial charge in [-0.3, -0.25) is 4.79 Å². The van der Waals surface area contributed by atoms with Crippen molar-refractivity contribution in [1.82, 2.24) is 9.97 Å². The van der Waals surface area contributed by atoms with Crippen LogP contribution in [0.25, 0.3) is 11.4 Å². The normalized spacial score (nSPS) is 11.9. The number of aromatic nitrogens is 2. The van der Waals surface area contributed by atoms with E-state index in [9.17, 15) is 14.3 Å². The Kier molecular flexibility index (Phi) is 5.84. The number of ether oxygens (including phenoxy) is 1. The number of aliphatic hydroxyl groups is 2. The van der Waals surface area contributed by atoms with E-state index in [1.165, 1.54) is 24.3 Å². The summed E-state index contributed by atoms with van der Waals surface area (Å²) in [6.07, 6.45) is -1.28. The van der Waals surface area contributed by atoms with Gasteiger partial charge in [0.05, 0.1) is 12.3 Å². The average Bonchev–Trinajstić information content (AvgIpc) is 2.70. The molecule has 0 bridgehead atoms. The molecule has 1 heterocycles. The Balaban J connectivity index is 1.91. The van der Waals surface area contributed by atoms with Crippen molar-refractivity contribution in [1.29, 1.82) is 0 Å². The van der Waals surface area contributed by atoms with Gasteiger partial charge in [-0.05, 0) is 42.5 Å². The van der Waals surface area contributed by atoms with Crippen molar-refractivity contribution in [3.63, 3.8) is 0 Å². The van der Waals surface area contributed by atoms with Crippen molar-refractivity contribution < 1.29 is 24.1 Å². The van der Waals surface area contributed by atoms with Crippen molar-refractivity contribution >= 4 is 17.5 Å². The van der Waals surface area contributed by atoms with Gasteiger partial charge < -0.3 is 20.7 Å². The zero-order valence-electron chi connectivity index (χ0n) is 14.3. The summed E-state index contributed by atoms with van der Waals surface area (Å²) < 4.78 is 19.3. The minimum Gasteiger partial charge on any atom is -0.454 e. The van der Waals surface area contributed by atoms with Crippen molar-refractivity contribution in [2.75, 3.05) is 6.61 Å². The molecule has 1 atom stereocenters.